The Labute approximate surface area is 97.6 Å². The Kier molecular flexibility index (Phi) is 3.78. The van der Waals surface area contributed by atoms with Crippen LogP contribution in [0, 0.1) is 27.4 Å². The number of nitro benzene ring substituents is 1. The van der Waals surface area contributed by atoms with E-state index < -0.39 is 16.6 Å². The zero-order valence-corrected chi connectivity index (χ0v) is 9.34. The van der Waals surface area contributed by atoms with Gasteiger partial charge in [0.15, 0.2) is 11.5 Å². The molecule has 1 aromatic rings. The number of hydrogen-bond acceptors (Lipinski definition) is 5. The summed E-state index contributed by atoms with van der Waals surface area (Å²) < 4.78 is 4.81. The normalized spacial score (nSPS) is 11.4. The Bertz CT molecular complexity index is 505. The number of ketones is 1. The zero-order valence-electron chi connectivity index (χ0n) is 9.34. The number of nitriles is 1. The summed E-state index contributed by atoms with van der Waals surface area (Å²) in [7, 11) is 1.31. The number of Topliss-reactive ketones (excluding diaryl/α,β-unsaturated/α-hetero) is 1. The molecule has 0 saturated heterocycles. The SMILES string of the molecule is COc1ccc(C(=O)C(C)C#N)cc1[N+](=O)[O-]. The van der Waals surface area contributed by atoms with Crippen LogP contribution in [0.1, 0.15) is 17.3 Å². The maximum Gasteiger partial charge on any atom is 0.311 e. The van der Waals surface area contributed by atoms with Gasteiger partial charge < -0.3 is 4.74 Å². The molecule has 0 saturated carbocycles. The molecule has 0 spiro atoms. The predicted octanol–water partition coefficient (Wildman–Crippen LogP) is 1.95. The zero-order chi connectivity index (χ0) is 13.0. The highest BCUT2D eigenvalue weighted by Gasteiger charge is 2.20. The minimum absolute atomic E-state index is 0.0798. The second-order valence-corrected chi connectivity index (χ2v) is 3.36. The van der Waals surface area contributed by atoms with Crippen molar-refractivity contribution in [2.45, 2.75) is 6.92 Å². The summed E-state index contributed by atoms with van der Waals surface area (Å²) in [6, 6.07) is 5.66. The summed E-state index contributed by atoms with van der Waals surface area (Å²) in [6.07, 6.45) is 0. The molecule has 0 bridgehead atoms. The number of methoxy groups -OCH3 is 1. The first kappa shape index (κ1) is 12.6. The molecule has 88 valence electrons. The van der Waals surface area contributed by atoms with E-state index in [2.05, 4.69) is 0 Å². The third kappa shape index (κ3) is 2.58. The molecule has 0 aliphatic carbocycles. The van der Waals surface area contributed by atoms with Gasteiger partial charge in [0.05, 0.1) is 18.1 Å². The maximum atomic E-state index is 11.7. The van der Waals surface area contributed by atoms with Crippen molar-refractivity contribution in [3.63, 3.8) is 0 Å². The number of nitro groups is 1. The van der Waals surface area contributed by atoms with Gasteiger partial charge in [-0.05, 0) is 19.1 Å². The number of rotatable bonds is 4. The van der Waals surface area contributed by atoms with E-state index in [4.69, 9.17) is 10.00 Å². The van der Waals surface area contributed by atoms with E-state index >= 15 is 0 Å². The Morgan fingerprint density at radius 3 is 2.71 bits per heavy atom. The van der Waals surface area contributed by atoms with Crippen LogP contribution in [0.3, 0.4) is 0 Å². The lowest BCUT2D eigenvalue weighted by Crippen LogP contribution is -2.09. The third-order valence-electron chi connectivity index (χ3n) is 2.25. The summed E-state index contributed by atoms with van der Waals surface area (Å²) in [5, 5.41) is 19.4. The topological polar surface area (TPSA) is 93.2 Å². The highest BCUT2D eigenvalue weighted by molar-refractivity contribution is 5.99. The molecule has 0 aliphatic rings. The van der Waals surface area contributed by atoms with E-state index in [-0.39, 0.29) is 17.0 Å². The van der Waals surface area contributed by atoms with Gasteiger partial charge in [0.2, 0.25) is 0 Å². The lowest BCUT2D eigenvalue weighted by molar-refractivity contribution is -0.385. The first-order valence-corrected chi connectivity index (χ1v) is 4.77. The van der Waals surface area contributed by atoms with Crippen LogP contribution in [0.2, 0.25) is 0 Å². The second-order valence-electron chi connectivity index (χ2n) is 3.36. The first-order valence-electron chi connectivity index (χ1n) is 4.77. The van der Waals surface area contributed by atoms with E-state index in [1.807, 2.05) is 0 Å². The fourth-order valence-corrected chi connectivity index (χ4v) is 1.29. The van der Waals surface area contributed by atoms with Crippen LogP contribution in [0.25, 0.3) is 0 Å². The molecular formula is C11H10N2O4. The van der Waals surface area contributed by atoms with Gasteiger partial charge in [-0.15, -0.1) is 0 Å². The molecule has 1 aromatic carbocycles. The molecule has 0 amide bonds. The van der Waals surface area contributed by atoms with Gasteiger partial charge in [-0.1, -0.05) is 0 Å². The predicted molar refractivity (Wildman–Crippen MR) is 58.8 cm³/mol. The second kappa shape index (κ2) is 5.07. The standard InChI is InChI=1S/C11H10N2O4/c1-7(6-12)11(14)8-3-4-10(17-2)9(5-8)13(15)16/h3-5,7H,1-2H3. The number of nitrogens with zero attached hydrogens (tertiary/aromatic N) is 2. The molecule has 6 heteroatoms. The molecule has 0 fully saturated rings. The van der Waals surface area contributed by atoms with Crippen molar-refractivity contribution >= 4 is 11.5 Å². The summed E-state index contributed by atoms with van der Waals surface area (Å²) in [5.74, 6) is -1.20. The Morgan fingerprint density at radius 2 is 2.24 bits per heavy atom. The third-order valence-corrected chi connectivity index (χ3v) is 2.25. The molecule has 0 aromatic heterocycles. The van der Waals surface area contributed by atoms with Crippen molar-refractivity contribution in [1.82, 2.24) is 0 Å². The van der Waals surface area contributed by atoms with Gasteiger partial charge in [0, 0.05) is 11.6 Å². The summed E-state index contributed by atoms with van der Waals surface area (Å²) in [6.45, 7) is 1.44. The highest BCUT2D eigenvalue weighted by atomic mass is 16.6. The lowest BCUT2D eigenvalue weighted by atomic mass is 10.00. The molecule has 0 N–H and O–H groups in total. The number of ether oxygens (including phenoxy) is 1. The molecule has 0 heterocycles. The highest BCUT2D eigenvalue weighted by Crippen LogP contribution is 2.28. The van der Waals surface area contributed by atoms with Crippen molar-refractivity contribution < 1.29 is 14.5 Å². The minimum atomic E-state index is -0.831. The Morgan fingerprint density at radius 1 is 1.59 bits per heavy atom. The summed E-state index contributed by atoms with van der Waals surface area (Å²) in [4.78, 5) is 21.8. The molecule has 0 aliphatic heterocycles. The fraction of sp³-hybridized carbons (Fsp3) is 0.273. The number of hydrogen-bond donors (Lipinski definition) is 0. The van der Waals surface area contributed by atoms with Gasteiger partial charge >= 0.3 is 5.69 Å². The number of carbonyl (C=O) groups excluding carboxylic acids is 1. The van der Waals surface area contributed by atoms with Crippen LogP contribution >= 0.6 is 0 Å². The van der Waals surface area contributed by atoms with Gasteiger partial charge in [-0.3, -0.25) is 14.9 Å². The van der Waals surface area contributed by atoms with E-state index in [1.165, 1.54) is 26.2 Å². The van der Waals surface area contributed by atoms with Crippen LogP contribution in [0.5, 0.6) is 5.75 Å². The lowest BCUT2D eigenvalue weighted by Gasteiger charge is -2.05. The van der Waals surface area contributed by atoms with Crippen LogP contribution in [-0.4, -0.2) is 17.8 Å². The summed E-state index contributed by atoms with van der Waals surface area (Å²) in [5.41, 5.74) is -0.157. The van der Waals surface area contributed by atoms with Crippen LogP contribution in [0.15, 0.2) is 18.2 Å². The van der Waals surface area contributed by atoms with Crippen molar-refractivity contribution in [2.75, 3.05) is 7.11 Å². The van der Waals surface area contributed by atoms with Crippen LogP contribution in [0.4, 0.5) is 5.69 Å². The van der Waals surface area contributed by atoms with Crippen LogP contribution < -0.4 is 4.74 Å². The summed E-state index contributed by atoms with van der Waals surface area (Å²) >= 11 is 0. The van der Waals surface area contributed by atoms with E-state index in [0.717, 1.165) is 6.07 Å². The maximum absolute atomic E-state index is 11.7. The van der Waals surface area contributed by atoms with Gasteiger partial charge in [0.25, 0.3) is 0 Å². The molecular weight excluding hydrogens is 224 g/mol. The van der Waals surface area contributed by atoms with Crippen molar-refractivity contribution in [1.29, 1.82) is 5.26 Å². The monoisotopic (exact) mass is 234 g/mol. The molecule has 6 nitrogen and oxygen atoms in total. The molecule has 1 atom stereocenters. The smallest absolute Gasteiger partial charge is 0.311 e. The Hall–Kier alpha value is -2.42. The van der Waals surface area contributed by atoms with E-state index in [0.29, 0.717) is 0 Å². The van der Waals surface area contributed by atoms with Crippen molar-refractivity contribution in [3.8, 4) is 11.8 Å². The average molecular weight is 234 g/mol. The number of benzene rings is 1. The minimum Gasteiger partial charge on any atom is -0.490 e. The van der Waals surface area contributed by atoms with Crippen molar-refractivity contribution in [3.05, 3.63) is 33.9 Å². The van der Waals surface area contributed by atoms with Gasteiger partial charge in [0.1, 0.15) is 5.92 Å². The fourth-order valence-electron chi connectivity index (χ4n) is 1.29. The average Bonchev–Trinajstić information content (AvgIpc) is 2.35. The van der Waals surface area contributed by atoms with Crippen LogP contribution in [-0.2, 0) is 0 Å². The molecule has 1 rings (SSSR count). The molecule has 1 unspecified atom stereocenters. The van der Waals surface area contributed by atoms with E-state index in [9.17, 15) is 14.9 Å². The molecule has 0 radical (unpaired) electrons. The number of carbonyl (C=O) groups is 1. The quantitative estimate of drug-likeness (QED) is 0.451. The van der Waals surface area contributed by atoms with Gasteiger partial charge in [-0.25, -0.2) is 0 Å². The first-order chi connectivity index (χ1) is 8.01. The van der Waals surface area contributed by atoms with E-state index in [1.54, 1.807) is 6.07 Å². The van der Waals surface area contributed by atoms with Gasteiger partial charge in [-0.2, -0.15) is 5.26 Å². The molecule has 17 heavy (non-hydrogen) atoms. The van der Waals surface area contributed by atoms with Crippen molar-refractivity contribution in [2.24, 2.45) is 5.92 Å². The Balaban J connectivity index is 3.22. The largest absolute Gasteiger partial charge is 0.490 e.